The topological polar surface area (TPSA) is 57.0 Å². The van der Waals surface area contributed by atoms with E-state index in [0.29, 0.717) is 18.7 Å². The summed E-state index contributed by atoms with van der Waals surface area (Å²) in [6, 6.07) is 7.52. The van der Waals surface area contributed by atoms with Gasteiger partial charge in [0, 0.05) is 13.5 Å². The smallest absolute Gasteiger partial charge is 0.144 e. The number of aryl methyl sites for hydroxylation is 1. The molecule has 94 valence electrons. The van der Waals surface area contributed by atoms with E-state index in [1.54, 1.807) is 18.8 Å². The first kappa shape index (κ1) is 12.3. The molecule has 5 nitrogen and oxygen atoms in total. The number of benzene rings is 1. The molecule has 1 heterocycles. The van der Waals surface area contributed by atoms with Gasteiger partial charge in [-0.3, -0.25) is 9.48 Å². The predicted molar refractivity (Wildman–Crippen MR) is 66.4 cm³/mol. The molecule has 2 aromatic rings. The van der Waals surface area contributed by atoms with Gasteiger partial charge in [-0.2, -0.15) is 5.10 Å². The van der Waals surface area contributed by atoms with E-state index in [0.717, 1.165) is 11.3 Å². The van der Waals surface area contributed by atoms with Crippen molar-refractivity contribution in [1.29, 1.82) is 0 Å². The average molecular weight is 245 g/mol. The van der Waals surface area contributed by atoms with Crippen LogP contribution in [0.25, 0.3) is 0 Å². The number of carbonyl (C=O) groups is 1. The van der Waals surface area contributed by atoms with Crippen molar-refractivity contribution in [2.24, 2.45) is 7.05 Å². The Labute approximate surface area is 105 Å². The van der Waals surface area contributed by atoms with E-state index in [4.69, 9.17) is 4.74 Å². The fraction of sp³-hybridized carbons (Fsp3) is 0.308. The number of aromatic nitrogens is 3. The average Bonchev–Trinajstić information content (AvgIpc) is 2.75. The minimum Gasteiger partial charge on any atom is -0.497 e. The molecule has 1 aromatic carbocycles. The van der Waals surface area contributed by atoms with E-state index >= 15 is 0 Å². The lowest BCUT2D eigenvalue weighted by atomic mass is 10.1. The largest absolute Gasteiger partial charge is 0.497 e. The molecule has 0 fully saturated rings. The number of ketones is 1. The zero-order valence-corrected chi connectivity index (χ0v) is 10.5. The summed E-state index contributed by atoms with van der Waals surface area (Å²) in [5.74, 6) is 1.56. The molecule has 0 aliphatic heterocycles. The molecule has 0 saturated carbocycles. The van der Waals surface area contributed by atoms with Crippen LogP contribution in [0.4, 0.5) is 0 Å². The van der Waals surface area contributed by atoms with Gasteiger partial charge in [-0.1, -0.05) is 12.1 Å². The van der Waals surface area contributed by atoms with Crippen LogP contribution in [0.5, 0.6) is 5.75 Å². The quantitative estimate of drug-likeness (QED) is 0.793. The third-order valence-corrected chi connectivity index (χ3v) is 2.70. The summed E-state index contributed by atoms with van der Waals surface area (Å²) >= 11 is 0. The molecular formula is C13H15N3O2. The maximum absolute atomic E-state index is 11.9. The molecule has 2 rings (SSSR count). The van der Waals surface area contributed by atoms with Crippen LogP contribution in [0, 0.1) is 0 Å². The maximum atomic E-state index is 11.9. The minimum atomic E-state index is 0.111. The second kappa shape index (κ2) is 5.44. The van der Waals surface area contributed by atoms with Gasteiger partial charge in [0.2, 0.25) is 0 Å². The number of hydrogen-bond donors (Lipinski definition) is 0. The van der Waals surface area contributed by atoms with Gasteiger partial charge in [0.25, 0.3) is 0 Å². The van der Waals surface area contributed by atoms with Crippen LogP contribution in [0.3, 0.4) is 0 Å². The van der Waals surface area contributed by atoms with E-state index in [1.165, 1.54) is 6.33 Å². The SMILES string of the molecule is COc1cccc(CC(=O)Cc2ncnn2C)c1. The van der Waals surface area contributed by atoms with Crippen LogP contribution in [0.15, 0.2) is 30.6 Å². The molecule has 0 radical (unpaired) electrons. The molecule has 0 bridgehead atoms. The highest BCUT2D eigenvalue weighted by molar-refractivity contribution is 5.82. The highest BCUT2D eigenvalue weighted by Gasteiger charge is 2.09. The summed E-state index contributed by atoms with van der Waals surface area (Å²) in [5, 5.41) is 3.94. The summed E-state index contributed by atoms with van der Waals surface area (Å²) in [6.45, 7) is 0. The lowest BCUT2D eigenvalue weighted by Crippen LogP contribution is -2.11. The van der Waals surface area contributed by atoms with Crippen LogP contribution in [0.1, 0.15) is 11.4 Å². The Morgan fingerprint density at radius 3 is 2.89 bits per heavy atom. The van der Waals surface area contributed by atoms with Gasteiger partial charge in [-0.05, 0) is 17.7 Å². The van der Waals surface area contributed by atoms with Gasteiger partial charge < -0.3 is 4.74 Å². The number of hydrogen-bond acceptors (Lipinski definition) is 4. The third kappa shape index (κ3) is 2.94. The summed E-state index contributed by atoms with van der Waals surface area (Å²) in [6.07, 6.45) is 2.13. The molecule has 0 spiro atoms. The Bertz CT molecular complexity index is 549. The Hall–Kier alpha value is -2.17. The van der Waals surface area contributed by atoms with E-state index in [1.807, 2.05) is 24.3 Å². The Morgan fingerprint density at radius 1 is 1.39 bits per heavy atom. The fourth-order valence-electron chi connectivity index (χ4n) is 1.73. The summed E-state index contributed by atoms with van der Waals surface area (Å²) in [7, 11) is 3.39. The van der Waals surface area contributed by atoms with Gasteiger partial charge >= 0.3 is 0 Å². The van der Waals surface area contributed by atoms with Crippen LogP contribution < -0.4 is 4.74 Å². The standard InChI is InChI=1S/C13H15N3O2/c1-16-13(14-9-15-16)8-11(17)6-10-4-3-5-12(7-10)18-2/h3-5,7,9H,6,8H2,1-2H3. The van der Waals surface area contributed by atoms with Gasteiger partial charge in [-0.15, -0.1) is 0 Å². The second-order valence-corrected chi connectivity index (χ2v) is 4.04. The number of rotatable bonds is 5. The molecule has 0 amide bonds. The van der Waals surface area contributed by atoms with Gasteiger partial charge in [0.1, 0.15) is 23.7 Å². The number of Topliss-reactive ketones (excluding diaryl/α,β-unsaturated/α-hetero) is 1. The molecule has 0 saturated heterocycles. The Kier molecular flexibility index (Phi) is 3.72. The molecular weight excluding hydrogens is 230 g/mol. The highest BCUT2D eigenvalue weighted by atomic mass is 16.5. The molecule has 0 aliphatic rings. The second-order valence-electron chi connectivity index (χ2n) is 4.04. The van der Waals surface area contributed by atoms with Crippen molar-refractivity contribution < 1.29 is 9.53 Å². The van der Waals surface area contributed by atoms with Crippen molar-refractivity contribution in [2.45, 2.75) is 12.8 Å². The monoisotopic (exact) mass is 245 g/mol. The van der Waals surface area contributed by atoms with E-state index in [2.05, 4.69) is 10.1 Å². The molecule has 18 heavy (non-hydrogen) atoms. The van der Waals surface area contributed by atoms with Gasteiger partial charge in [0.15, 0.2) is 0 Å². The lowest BCUT2D eigenvalue weighted by Gasteiger charge is -2.04. The van der Waals surface area contributed by atoms with Crippen LogP contribution in [0.2, 0.25) is 0 Å². The zero-order chi connectivity index (χ0) is 13.0. The highest BCUT2D eigenvalue weighted by Crippen LogP contribution is 2.13. The number of ether oxygens (including phenoxy) is 1. The summed E-state index contributed by atoms with van der Waals surface area (Å²) in [4.78, 5) is 15.9. The molecule has 0 N–H and O–H groups in total. The van der Waals surface area contributed by atoms with Crippen LogP contribution in [-0.2, 0) is 24.7 Å². The van der Waals surface area contributed by atoms with Gasteiger partial charge in [-0.25, -0.2) is 4.98 Å². The molecule has 5 heteroatoms. The van der Waals surface area contributed by atoms with E-state index in [-0.39, 0.29) is 5.78 Å². The summed E-state index contributed by atoms with van der Waals surface area (Å²) in [5.41, 5.74) is 0.946. The molecule has 0 atom stereocenters. The Morgan fingerprint density at radius 2 is 2.22 bits per heavy atom. The first-order valence-corrected chi connectivity index (χ1v) is 5.66. The third-order valence-electron chi connectivity index (χ3n) is 2.70. The fourth-order valence-corrected chi connectivity index (χ4v) is 1.73. The summed E-state index contributed by atoms with van der Waals surface area (Å²) < 4.78 is 6.74. The van der Waals surface area contributed by atoms with Crippen molar-refractivity contribution >= 4 is 5.78 Å². The van der Waals surface area contributed by atoms with Crippen LogP contribution in [-0.4, -0.2) is 27.7 Å². The van der Waals surface area contributed by atoms with Crippen molar-refractivity contribution in [2.75, 3.05) is 7.11 Å². The van der Waals surface area contributed by atoms with E-state index < -0.39 is 0 Å². The van der Waals surface area contributed by atoms with E-state index in [9.17, 15) is 4.79 Å². The Balaban J connectivity index is 2.01. The normalized spacial score (nSPS) is 10.3. The van der Waals surface area contributed by atoms with Crippen molar-refractivity contribution in [3.8, 4) is 5.75 Å². The first-order chi connectivity index (χ1) is 8.69. The first-order valence-electron chi connectivity index (χ1n) is 5.66. The minimum absolute atomic E-state index is 0.111. The van der Waals surface area contributed by atoms with Crippen molar-refractivity contribution in [3.05, 3.63) is 42.0 Å². The predicted octanol–water partition coefficient (Wildman–Crippen LogP) is 1.18. The number of carbonyl (C=O) groups excluding carboxylic acids is 1. The van der Waals surface area contributed by atoms with Crippen LogP contribution >= 0.6 is 0 Å². The number of methoxy groups -OCH3 is 1. The van der Waals surface area contributed by atoms with Gasteiger partial charge in [0.05, 0.1) is 13.5 Å². The van der Waals surface area contributed by atoms with Crippen molar-refractivity contribution in [3.63, 3.8) is 0 Å². The molecule has 1 aromatic heterocycles. The molecule has 0 unspecified atom stereocenters. The van der Waals surface area contributed by atoms with Crippen molar-refractivity contribution in [1.82, 2.24) is 14.8 Å². The lowest BCUT2D eigenvalue weighted by molar-refractivity contribution is -0.117. The molecule has 0 aliphatic carbocycles. The number of nitrogens with zero attached hydrogens (tertiary/aromatic N) is 3. The maximum Gasteiger partial charge on any atom is 0.144 e. The zero-order valence-electron chi connectivity index (χ0n) is 10.5.